The molecule has 2 N–H and O–H groups in total. The van der Waals surface area contributed by atoms with Crippen LogP contribution in [0, 0.1) is 5.92 Å². The van der Waals surface area contributed by atoms with E-state index in [0.717, 1.165) is 5.56 Å². The molecule has 0 aliphatic heterocycles. The average molecular weight is 320 g/mol. The first-order valence-corrected chi connectivity index (χ1v) is 7.42. The molecule has 0 atom stereocenters. The van der Waals surface area contributed by atoms with Crippen LogP contribution in [0.1, 0.15) is 19.4 Å². The highest BCUT2D eigenvalue weighted by Crippen LogP contribution is 2.36. The minimum absolute atomic E-state index is 0.00493. The molecule has 0 unspecified atom stereocenters. The molecule has 0 aromatic heterocycles. The molecule has 1 aromatic carbocycles. The Morgan fingerprint density at radius 1 is 1.19 bits per heavy atom. The molecule has 0 fully saturated rings. The molecule has 1 amide bonds. The van der Waals surface area contributed by atoms with Gasteiger partial charge < -0.3 is 10.6 Å². The summed E-state index contributed by atoms with van der Waals surface area (Å²) < 4.78 is 36.5. The predicted molar refractivity (Wildman–Crippen MR) is 77.9 cm³/mol. The van der Waals surface area contributed by atoms with Crippen molar-refractivity contribution in [2.45, 2.75) is 30.8 Å². The van der Waals surface area contributed by atoms with Crippen molar-refractivity contribution in [1.29, 1.82) is 0 Å². The van der Waals surface area contributed by atoms with E-state index < -0.39 is 5.51 Å². The van der Waals surface area contributed by atoms with Crippen molar-refractivity contribution < 1.29 is 18.0 Å². The maximum atomic E-state index is 12.2. The lowest BCUT2D eigenvalue weighted by molar-refractivity contribution is -0.123. The lowest BCUT2D eigenvalue weighted by atomic mass is 10.2. The zero-order chi connectivity index (χ0) is 15.9. The normalized spacial score (nSPS) is 11.7. The van der Waals surface area contributed by atoms with Gasteiger partial charge in [-0.05, 0) is 29.5 Å². The summed E-state index contributed by atoms with van der Waals surface area (Å²) in [5, 5.41) is 5.89. The number of nitrogens with one attached hydrogen (secondary N) is 2. The van der Waals surface area contributed by atoms with Crippen LogP contribution in [0.25, 0.3) is 0 Å². The van der Waals surface area contributed by atoms with E-state index in [4.69, 9.17) is 0 Å². The monoisotopic (exact) mass is 320 g/mol. The van der Waals surface area contributed by atoms with Gasteiger partial charge in [0.2, 0.25) is 5.91 Å². The molecule has 1 rings (SSSR count). The average Bonchev–Trinajstić information content (AvgIpc) is 2.38. The highest BCUT2D eigenvalue weighted by atomic mass is 32.2. The summed E-state index contributed by atoms with van der Waals surface area (Å²) in [5.41, 5.74) is -3.36. The number of thioether (sulfide) groups is 1. The molecular formula is C14H19F3N2OS. The number of hydrogen-bond donors (Lipinski definition) is 2. The molecule has 0 saturated heterocycles. The van der Waals surface area contributed by atoms with Crippen LogP contribution >= 0.6 is 11.8 Å². The van der Waals surface area contributed by atoms with E-state index in [0.29, 0.717) is 19.6 Å². The maximum absolute atomic E-state index is 12.2. The summed E-state index contributed by atoms with van der Waals surface area (Å²) in [4.78, 5) is 11.5. The van der Waals surface area contributed by atoms with Crippen LogP contribution in [0.3, 0.4) is 0 Å². The Morgan fingerprint density at radius 3 is 2.33 bits per heavy atom. The number of halogens is 3. The summed E-state index contributed by atoms with van der Waals surface area (Å²) in [7, 11) is 0. The first kappa shape index (κ1) is 17.8. The zero-order valence-corrected chi connectivity index (χ0v) is 12.8. The summed E-state index contributed by atoms with van der Waals surface area (Å²) in [5.74, 6) is -0.0333. The van der Waals surface area contributed by atoms with E-state index >= 15 is 0 Å². The number of alkyl halides is 3. The van der Waals surface area contributed by atoms with Crippen LogP contribution in [-0.4, -0.2) is 24.5 Å². The van der Waals surface area contributed by atoms with Gasteiger partial charge in [0.15, 0.2) is 0 Å². The van der Waals surface area contributed by atoms with E-state index in [1.54, 1.807) is 12.1 Å². The first-order valence-electron chi connectivity index (χ1n) is 6.61. The lowest BCUT2D eigenvalue weighted by Crippen LogP contribution is -2.34. The van der Waals surface area contributed by atoms with Crippen molar-refractivity contribution in [2.75, 3.05) is 13.1 Å². The molecule has 1 aromatic rings. The van der Waals surface area contributed by atoms with Crippen LogP contribution in [0.4, 0.5) is 13.2 Å². The first-order chi connectivity index (χ1) is 9.78. The number of carbonyl (C=O) groups excluding carboxylic acids is 1. The highest BCUT2D eigenvalue weighted by Gasteiger charge is 2.28. The van der Waals surface area contributed by atoms with Gasteiger partial charge in [0.25, 0.3) is 0 Å². The minimum Gasteiger partial charge on any atom is -0.355 e. The molecule has 21 heavy (non-hydrogen) atoms. The smallest absolute Gasteiger partial charge is 0.355 e. The number of rotatable bonds is 7. The number of carbonyl (C=O) groups is 1. The summed E-state index contributed by atoms with van der Waals surface area (Å²) >= 11 is -0.121. The van der Waals surface area contributed by atoms with E-state index in [2.05, 4.69) is 10.6 Å². The van der Waals surface area contributed by atoms with Gasteiger partial charge in [-0.25, -0.2) is 0 Å². The second-order valence-corrected chi connectivity index (χ2v) is 5.95. The molecule has 0 spiro atoms. The molecule has 0 bridgehead atoms. The van der Waals surface area contributed by atoms with Crippen molar-refractivity contribution in [3.8, 4) is 0 Å². The fraction of sp³-hybridized carbons (Fsp3) is 0.500. The number of benzene rings is 1. The van der Waals surface area contributed by atoms with Gasteiger partial charge in [-0.2, -0.15) is 13.2 Å². The quantitative estimate of drug-likeness (QED) is 0.599. The van der Waals surface area contributed by atoms with Gasteiger partial charge in [0.1, 0.15) is 0 Å². The fourth-order valence-corrected chi connectivity index (χ4v) is 2.06. The Bertz CT molecular complexity index is 447. The van der Waals surface area contributed by atoms with Crippen molar-refractivity contribution in [3.63, 3.8) is 0 Å². The van der Waals surface area contributed by atoms with Crippen LogP contribution in [0.15, 0.2) is 29.2 Å². The van der Waals surface area contributed by atoms with E-state index in [-0.39, 0.29) is 28.5 Å². The van der Waals surface area contributed by atoms with Crippen LogP contribution in [0.2, 0.25) is 0 Å². The van der Waals surface area contributed by atoms with Gasteiger partial charge in [-0.15, -0.1) is 0 Å². The van der Waals surface area contributed by atoms with E-state index in [9.17, 15) is 18.0 Å². The van der Waals surface area contributed by atoms with Crippen molar-refractivity contribution >= 4 is 17.7 Å². The van der Waals surface area contributed by atoms with Crippen molar-refractivity contribution in [2.24, 2.45) is 5.92 Å². The Labute approximate surface area is 126 Å². The van der Waals surface area contributed by atoms with Crippen LogP contribution in [-0.2, 0) is 11.3 Å². The molecule has 3 nitrogen and oxygen atoms in total. The molecule has 0 saturated carbocycles. The zero-order valence-electron chi connectivity index (χ0n) is 12.0. The topological polar surface area (TPSA) is 41.1 Å². The molecule has 0 heterocycles. The minimum atomic E-state index is -4.26. The van der Waals surface area contributed by atoms with Crippen LogP contribution in [0.5, 0.6) is 0 Å². The van der Waals surface area contributed by atoms with Crippen molar-refractivity contribution in [3.05, 3.63) is 29.8 Å². The molecule has 0 radical (unpaired) electrons. The molecule has 0 aliphatic carbocycles. The molecule has 7 heteroatoms. The number of hydrogen-bond acceptors (Lipinski definition) is 3. The van der Waals surface area contributed by atoms with Gasteiger partial charge in [0, 0.05) is 30.4 Å². The summed E-state index contributed by atoms with van der Waals surface area (Å²) in [6.07, 6.45) is 0. The molecule has 118 valence electrons. The number of amides is 1. The Morgan fingerprint density at radius 2 is 1.81 bits per heavy atom. The van der Waals surface area contributed by atoms with Crippen molar-refractivity contribution in [1.82, 2.24) is 10.6 Å². The summed E-state index contributed by atoms with van der Waals surface area (Å²) in [6.45, 7) is 5.33. The van der Waals surface area contributed by atoms with E-state index in [1.807, 2.05) is 13.8 Å². The Kier molecular flexibility index (Phi) is 7.04. The standard InChI is InChI=1S/C14H19F3N2OS/c1-10(2)13(20)19-8-7-18-9-11-3-5-12(6-4-11)21-14(15,16)17/h3-6,10,18H,7-9H2,1-2H3,(H,19,20). The Hall–Kier alpha value is -1.21. The SMILES string of the molecule is CC(C)C(=O)NCCNCc1ccc(SC(F)(F)F)cc1. The summed E-state index contributed by atoms with van der Waals surface area (Å²) in [6, 6.07) is 6.23. The van der Waals surface area contributed by atoms with Gasteiger partial charge >= 0.3 is 5.51 Å². The molecular weight excluding hydrogens is 301 g/mol. The maximum Gasteiger partial charge on any atom is 0.446 e. The predicted octanol–water partition coefficient (Wildman–Crippen LogP) is 3.16. The third-order valence-corrected chi connectivity index (χ3v) is 3.35. The van der Waals surface area contributed by atoms with Gasteiger partial charge in [0.05, 0.1) is 0 Å². The van der Waals surface area contributed by atoms with Gasteiger partial charge in [-0.3, -0.25) is 4.79 Å². The van der Waals surface area contributed by atoms with E-state index in [1.165, 1.54) is 12.1 Å². The second kappa shape index (κ2) is 8.29. The Balaban J connectivity index is 2.26. The highest BCUT2D eigenvalue weighted by molar-refractivity contribution is 8.00. The van der Waals surface area contributed by atoms with Crippen LogP contribution < -0.4 is 10.6 Å². The largest absolute Gasteiger partial charge is 0.446 e. The third-order valence-electron chi connectivity index (χ3n) is 2.61. The fourth-order valence-electron chi connectivity index (χ4n) is 1.52. The molecule has 0 aliphatic rings. The second-order valence-electron chi connectivity index (χ2n) is 4.81. The third kappa shape index (κ3) is 7.96. The van der Waals surface area contributed by atoms with Gasteiger partial charge in [-0.1, -0.05) is 26.0 Å². The lowest BCUT2D eigenvalue weighted by Gasteiger charge is -2.09.